The van der Waals surface area contributed by atoms with E-state index in [9.17, 15) is 18.3 Å². The van der Waals surface area contributed by atoms with Gasteiger partial charge in [-0.1, -0.05) is 18.2 Å². The first kappa shape index (κ1) is 14.5. The van der Waals surface area contributed by atoms with Gasteiger partial charge in [-0.3, -0.25) is 0 Å². The summed E-state index contributed by atoms with van der Waals surface area (Å²) in [6.07, 6.45) is -1.95. The topological polar surface area (TPSA) is 33.1 Å². The Balaban J connectivity index is 1.84. The number of halogens is 3. The first-order chi connectivity index (χ1) is 9.93. The van der Waals surface area contributed by atoms with E-state index in [1.54, 1.807) is 6.07 Å². The van der Waals surface area contributed by atoms with Crippen LogP contribution in [0.1, 0.15) is 45.7 Å². The smallest absolute Gasteiger partial charge is 0.388 e. The zero-order chi connectivity index (χ0) is 15.0. The molecule has 0 bridgehead atoms. The van der Waals surface area contributed by atoms with Crippen LogP contribution in [0.4, 0.5) is 13.2 Å². The quantitative estimate of drug-likeness (QED) is 0.904. The Bertz CT molecular complexity index is 651. The minimum Gasteiger partial charge on any atom is -0.388 e. The molecule has 1 aromatic heterocycles. The number of benzene rings is 1. The standard InChI is InChI=1S/C15H14F3NOS/c16-15(17,18)10-4-1-3-9(7-10)8-13-19-11-5-2-6-12(20)14(11)21-13/h1,3-4,7,12,20H,2,5-6,8H2. The minimum absolute atomic E-state index is 0.369. The van der Waals surface area contributed by atoms with Gasteiger partial charge in [0.1, 0.15) is 0 Å². The fraction of sp³-hybridized carbons (Fsp3) is 0.400. The van der Waals surface area contributed by atoms with Gasteiger partial charge in [-0.05, 0) is 30.9 Å². The monoisotopic (exact) mass is 313 g/mol. The number of aryl methyl sites for hydroxylation is 1. The Hall–Kier alpha value is -1.40. The van der Waals surface area contributed by atoms with Crippen molar-refractivity contribution in [3.63, 3.8) is 0 Å². The van der Waals surface area contributed by atoms with Crippen molar-refractivity contribution in [2.75, 3.05) is 0 Å². The van der Waals surface area contributed by atoms with E-state index in [2.05, 4.69) is 4.98 Å². The van der Waals surface area contributed by atoms with Gasteiger partial charge in [0.05, 0.1) is 27.2 Å². The van der Waals surface area contributed by atoms with Crippen molar-refractivity contribution in [2.45, 2.75) is 38.0 Å². The van der Waals surface area contributed by atoms with Crippen molar-refractivity contribution in [3.05, 3.63) is 51.0 Å². The van der Waals surface area contributed by atoms with Gasteiger partial charge in [0.25, 0.3) is 0 Å². The van der Waals surface area contributed by atoms with Crippen molar-refractivity contribution in [1.29, 1.82) is 0 Å². The van der Waals surface area contributed by atoms with Crippen molar-refractivity contribution >= 4 is 11.3 Å². The molecule has 6 heteroatoms. The molecule has 3 rings (SSSR count). The molecule has 0 saturated carbocycles. The molecular weight excluding hydrogens is 299 g/mol. The van der Waals surface area contributed by atoms with E-state index in [1.165, 1.54) is 17.4 Å². The second-order valence-corrected chi connectivity index (χ2v) is 6.32. The van der Waals surface area contributed by atoms with Crippen molar-refractivity contribution in [1.82, 2.24) is 4.98 Å². The number of rotatable bonds is 2. The summed E-state index contributed by atoms with van der Waals surface area (Å²) in [5.41, 5.74) is 0.854. The number of nitrogens with zero attached hydrogens (tertiary/aromatic N) is 1. The molecular formula is C15H14F3NOS. The van der Waals surface area contributed by atoms with Gasteiger partial charge in [0, 0.05) is 6.42 Å². The molecule has 1 aromatic carbocycles. The summed E-state index contributed by atoms with van der Waals surface area (Å²) in [6, 6.07) is 5.32. The average Bonchev–Trinajstić information content (AvgIpc) is 2.82. The Kier molecular flexibility index (Phi) is 3.75. The van der Waals surface area contributed by atoms with Crippen LogP contribution in [0.3, 0.4) is 0 Å². The highest BCUT2D eigenvalue weighted by Gasteiger charge is 2.30. The van der Waals surface area contributed by atoms with Crippen molar-refractivity contribution < 1.29 is 18.3 Å². The van der Waals surface area contributed by atoms with Crippen molar-refractivity contribution in [2.24, 2.45) is 0 Å². The number of thiazole rings is 1. The Morgan fingerprint density at radius 2 is 2.14 bits per heavy atom. The van der Waals surface area contributed by atoms with Crippen LogP contribution in [-0.4, -0.2) is 10.1 Å². The van der Waals surface area contributed by atoms with Crippen LogP contribution >= 0.6 is 11.3 Å². The predicted molar refractivity (Wildman–Crippen MR) is 74.3 cm³/mol. The third kappa shape index (κ3) is 3.11. The number of aliphatic hydroxyl groups excluding tert-OH is 1. The molecule has 2 aromatic rings. The number of aromatic nitrogens is 1. The summed E-state index contributed by atoms with van der Waals surface area (Å²) >= 11 is 1.41. The summed E-state index contributed by atoms with van der Waals surface area (Å²) < 4.78 is 38.1. The number of fused-ring (bicyclic) bond motifs is 1. The van der Waals surface area contributed by atoms with Gasteiger partial charge in [-0.25, -0.2) is 4.98 Å². The molecule has 0 fully saturated rings. The molecule has 1 atom stereocenters. The maximum atomic E-state index is 12.7. The van der Waals surface area contributed by atoms with Crippen LogP contribution in [0.5, 0.6) is 0 Å². The first-order valence-corrected chi connectivity index (χ1v) is 7.58. The fourth-order valence-electron chi connectivity index (χ4n) is 2.56. The second kappa shape index (κ2) is 5.42. The fourth-order valence-corrected chi connectivity index (χ4v) is 3.72. The van der Waals surface area contributed by atoms with Crippen molar-refractivity contribution in [3.8, 4) is 0 Å². The van der Waals surface area contributed by atoms with Crippen LogP contribution in [-0.2, 0) is 19.0 Å². The number of alkyl halides is 3. The second-order valence-electron chi connectivity index (χ2n) is 5.20. The molecule has 21 heavy (non-hydrogen) atoms. The van der Waals surface area contributed by atoms with E-state index in [4.69, 9.17) is 0 Å². The van der Waals surface area contributed by atoms with E-state index in [-0.39, 0.29) is 0 Å². The maximum absolute atomic E-state index is 12.7. The lowest BCUT2D eigenvalue weighted by Gasteiger charge is -2.14. The summed E-state index contributed by atoms with van der Waals surface area (Å²) in [5.74, 6) is 0. The molecule has 0 amide bonds. The largest absolute Gasteiger partial charge is 0.416 e. The van der Waals surface area contributed by atoms with Crippen LogP contribution in [0.2, 0.25) is 0 Å². The average molecular weight is 313 g/mol. The Morgan fingerprint density at radius 1 is 1.33 bits per heavy atom. The lowest BCUT2D eigenvalue weighted by molar-refractivity contribution is -0.137. The minimum atomic E-state index is -4.33. The van der Waals surface area contributed by atoms with Crippen LogP contribution in [0, 0.1) is 0 Å². The molecule has 1 heterocycles. The normalized spacial score (nSPS) is 18.6. The van der Waals surface area contributed by atoms with Crippen LogP contribution < -0.4 is 0 Å². The van der Waals surface area contributed by atoms with Gasteiger partial charge in [-0.15, -0.1) is 11.3 Å². The van der Waals surface area contributed by atoms with Gasteiger partial charge in [-0.2, -0.15) is 13.2 Å². The Morgan fingerprint density at radius 3 is 2.86 bits per heavy atom. The molecule has 112 valence electrons. The zero-order valence-corrected chi connectivity index (χ0v) is 12.0. The van der Waals surface area contributed by atoms with E-state index in [0.29, 0.717) is 12.0 Å². The summed E-state index contributed by atoms with van der Waals surface area (Å²) in [5, 5.41) is 10.7. The molecule has 1 N–H and O–H groups in total. The molecule has 1 aliphatic rings. The Labute approximate surface area is 124 Å². The van der Waals surface area contributed by atoms with Gasteiger partial charge in [0.2, 0.25) is 0 Å². The zero-order valence-electron chi connectivity index (χ0n) is 11.2. The molecule has 0 radical (unpaired) electrons. The number of aliphatic hydroxyl groups is 1. The predicted octanol–water partition coefficient (Wildman–Crippen LogP) is 4.12. The SMILES string of the molecule is OC1CCCc2nc(Cc3cccc(C(F)(F)F)c3)sc21. The number of hydrogen-bond donors (Lipinski definition) is 1. The van der Waals surface area contributed by atoms with E-state index in [0.717, 1.165) is 47.0 Å². The van der Waals surface area contributed by atoms with Crippen LogP contribution in [0.25, 0.3) is 0 Å². The van der Waals surface area contributed by atoms with E-state index < -0.39 is 17.8 Å². The lowest BCUT2D eigenvalue weighted by Crippen LogP contribution is -2.06. The highest BCUT2D eigenvalue weighted by atomic mass is 32.1. The lowest BCUT2D eigenvalue weighted by atomic mass is 10.0. The molecule has 0 aliphatic heterocycles. The number of hydrogen-bond acceptors (Lipinski definition) is 3. The molecule has 0 spiro atoms. The highest BCUT2D eigenvalue weighted by molar-refractivity contribution is 7.11. The molecule has 0 saturated heterocycles. The third-order valence-corrected chi connectivity index (χ3v) is 4.77. The maximum Gasteiger partial charge on any atom is 0.416 e. The first-order valence-electron chi connectivity index (χ1n) is 6.76. The third-order valence-electron chi connectivity index (χ3n) is 3.58. The van der Waals surface area contributed by atoms with E-state index >= 15 is 0 Å². The highest BCUT2D eigenvalue weighted by Crippen LogP contribution is 2.35. The van der Waals surface area contributed by atoms with Gasteiger partial charge < -0.3 is 5.11 Å². The summed E-state index contributed by atoms with van der Waals surface area (Å²) in [4.78, 5) is 5.34. The van der Waals surface area contributed by atoms with Gasteiger partial charge >= 0.3 is 6.18 Å². The molecule has 1 unspecified atom stereocenters. The van der Waals surface area contributed by atoms with Crippen LogP contribution in [0.15, 0.2) is 24.3 Å². The summed E-state index contributed by atoms with van der Waals surface area (Å²) in [6.45, 7) is 0. The van der Waals surface area contributed by atoms with Gasteiger partial charge in [0.15, 0.2) is 0 Å². The molecule has 2 nitrogen and oxygen atoms in total. The molecule has 1 aliphatic carbocycles. The summed E-state index contributed by atoms with van der Waals surface area (Å²) in [7, 11) is 0. The van der Waals surface area contributed by atoms with E-state index in [1.807, 2.05) is 0 Å².